The third-order valence-corrected chi connectivity index (χ3v) is 3.41. The number of hydrogen-bond acceptors (Lipinski definition) is 1. The quantitative estimate of drug-likeness (QED) is 0.793. The molecule has 0 saturated carbocycles. The largest absolute Gasteiger partial charge is 0.393 e. The maximum absolute atomic E-state index is 9.48. The minimum Gasteiger partial charge on any atom is -0.393 e. The Kier molecular flexibility index (Phi) is 5.70. The minimum absolute atomic E-state index is 0.226. The summed E-state index contributed by atoms with van der Waals surface area (Å²) in [7, 11) is 0. The predicted molar refractivity (Wildman–Crippen MR) is 74.1 cm³/mol. The van der Waals surface area contributed by atoms with Gasteiger partial charge in [-0.25, -0.2) is 0 Å². The number of aryl methyl sites for hydroxylation is 1. The zero-order chi connectivity index (χ0) is 12.8. The van der Waals surface area contributed by atoms with E-state index in [1.807, 2.05) is 6.92 Å². The van der Waals surface area contributed by atoms with Gasteiger partial charge in [-0.3, -0.25) is 0 Å². The van der Waals surface area contributed by atoms with Gasteiger partial charge in [0.15, 0.2) is 0 Å². The molecule has 0 fully saturated rings. The number of aliphatic hydroxyl groups is 1. The molecule has 2 atom stereocenters. The highest BCUT2D eigenvalue weighted by Gasteiger charge is 2.09. The Labute approximate surface area is 106 Å². The molecule has 1 N–H and O–H groups in total. The first-order valence-electron chi connectivity index (χ1n) is 6.75. The molecular formula is C16H26O. The second-order valence-corrected chi connectivity index (χ2v) is 5.67. The molecule has 0 radical (unpaired) electrons. The summed E-state index contributed by atoms with van der Waals surface area (Å²) < 4.78 is 0. The maximum atomic E-state index is 9.48. The van der Waals surface area contributed by atoms with Crippen LogP contribution in [0.5, 0.6) is 0 Å². The molecule has 0 amide bonds. The summed E-state index contributed by atoms with van der Waals surface area (Å²) in [6.07, 6.45) is 3.16. The van der Waals surface area contributed by atoms with Crippen molar-refractivity contribution in [1.29, 1.82) is 0 Å². The lowest BCUT2D eigenvalue weighted by atomic mass is 9.95. The molecule has 0 aliphatic heterocycles. The van der Waals surface area contributed by atoms with E-state index in [4.69, 9.17) is 0 Å². The lowest BCUT2D eigenvalue weighted by Crippen LogP contribution is -2.15. The van der Waals surface area contributed by atoms with Gasteiger partial charge in [-0.2, -0.15) is 0 Å². The number of benzene rings is 1. The molecule has 1 aromatic rings. The third kappa shape index (κ3) is 5.36. The smallest absolute Gasteiger partial charge is 0.0540 e. The maximum Gasteiger partial charge on any atom is 0.0540 e. The van der Waals surface area contributed by atoms with E-state index in [0.717, 1.165) is 12.3 Å². The van der Waals surface area contributed by atoms with Crippen molar-refractivity contribution >= 4 is 0 Å². The van der Waals surface area contributed by atoms with Crippen LogP contribution in [0.2, 0.25) is 0 Å². The van der Waals surface area contributed by atoms with Crippen LogP contribution in [0, 0.1) is 11.8 Å². The van der Waals surface area contributed by atoms with Crippen LogP contribution in [-0.2, 0) is 12.8 Å². The Balaban J connectivity index is 2.50. The topological polar surface area (TPSA) is 20.2 Å². The SMILES string of the molecule is CC(C)CCc1ccc(CC(C)C(C)O)cc1. The molecule has 0 heterocycles. The van der Waals surface area contributed by atoms with Crippen molar-refractivity contribution in [1.82, 2.24) is 0 Å². The molecule has 0 aliphatic carbocycles. The van der Waals surface area contributed by atoms with Crippen LogP contribution in [-0.4, -0.2) is 11.2 Å². The van der Waals surface area contributed by atoms with E-state index >= 15 is 0 Å². The average Bonchev–Trinajstić information content (AvgIpc) is 2.28. The molecule has 0 aromatic heterocycles. The minimum atomic E-state index is -0.226. The zero-order valence-corrected chi connectivity index (χ0v) is 11.6. The Morgan fingerprint density at radius 3 is 1.94 bits per heavy atom. The van der Waals surface area contributed by atoms with Crippen molar-refractivity contribution in [2.24, 2.45) is 11.8 Å². The second kappa shape index (κ2) is 6.80. The van der Waals surface area contributed by atoms with Crippen LogP contribution < -0.4 is 0 Å². The lowest BCUT2D eigenvalue weighted by molar-refractivity contribution is 0.135. The van der Waals surface area contributed by atoms with E-state index in [1.165, 1.54) is 24.0 Å². The highest BCUT2D eigenvalue weighted by Crippen LogP contribution is 2.15. The van der Waals surface area contributed by atoms with Crippen molar-refractivity contribution in [3.63, 3.8) is 0 Å². The molecule has 0 aliphatic rings. The molecule has 0 spiro atoms. The highest BCUT2D eigenvalue weighted by atomic mass is 16.3. The number of hydrogen-bond donors (Lipinski definition) is 1. The molecule has 17 heavy (non-hydrogen) atoms. The zero-order valence-electron chi connectivity index (χ0n) is 11.6. The molecule has 96 valence electrons. The van der Waals surface area contributed by atoms with Gasteiger partial charge in [0.2, 0.25) is 0 Å². The van der Waals surface area contributed by atoms with Crippen molar-refractivity contribution in [3.8, 4) is 0 Å². The summed E-state index contributed by atoms with van der Waals surface area (Å²) in [5, 5.41) is 9.48. The van der Waals surface area contributed by atoms with Crippen LogP contribution >= 0.6 is 0 Å². The van der Waals surface area contributed by atoms with Crippen LogP contribution in [0.1, 0.15) is 45.2 Å². The highest BCUT2D eigenvalue weighted by molar-refractivity contribution is 5.23. The average molecular weight is 234 g/mol. The van der Waals surface area contributed by atoms with E-state index in [-0.39, 0.29) is 6.10 Å². The van der Waals surface area contributed by atoms with Crippen molar-refractivity contribution in [2.45, 2.75) is 53.1 Å². The molecular weight excluding hydrogens is 208 g/mol. The van der Waals surface area contributed by atoms with Gasteiger partial charge in [-0.05, 0) is 49.1 Å². The van der Waals surface area contributed by atoms with Crippen LogP contribution in [0.3, 0.4) is 0 Å². The Hall–Kier alpha value is -0.820. The van der Waals surface area contributed by atoms with Gasteiger partial charge in [0.25, 0.3) is 0 Å². The second-order valence-electron chi connectivity index (χ2n) is 5.67. The lowest BCUT2D eigenvalue weighted by Gasteiger charge is -2.14. The third-order valence-electron chi connectivity index (χ3n) is 3.41. The van der Waals surface area contributed by atoms with E-state index in [0.29, 0.717) is 5.92 Å². The Morgan fingerprint density at radius 2 is 1.47 bits per heavy atom. The number of rotatable bonds is 6. The van der Waals surface area contributed by atoms with Gasteiger partial charge in [0, 0.05) is 0 Å². The molecule has 0 bridgehead atoms. The number of aliphatic hydroxyl groups excluding tert-OH is 1. The van der Waals surface area contributed by atoms with Gasteiger partial charge < -0.3 is 5.11 Å². The Bertz CT molecular complexity index is 311. The molecule has 1 nitrogen and oxygen atoms in total. The van der Waals surface area contributed by atoms with Crippen LogP contribution in [0.4, 0.5) is 0 Å². The normalized spacial score (nSPS) is 14.9. The summed E-state index contributed by atoms with van der Waals surface area (Å²) in [4.78, 5) is 0. The van der Waals surface area contributed by atoms with E-state index in [9.17, 15) is 5.11 Å². The van der Waals surface area contributed by atoms with Crippen molar-refractivity contribution in [2.75, 3.05) is 0 Å². The first-order valence-corrected chi connectivity index (χ1v) is 6.75. The fourth-order valence-electron chi connectivity index (χ4n) is 1.84. The van der Waals surface area contributed by atoms with Gasteiger partial charge in [0.05, 0.1) is 6.10 Å². The molecule has 1 aromatic carbocycles. The van der Waals surface area contributed by atoms with Crippen LogP contribution in [0.15, 0.2) is 24.3 Å². The first kappa shape index (κ1) is 14.2. The summed E-state index contributed by atoms with van der Waals surface area (Å²) in [5.74, 6) is 1.10. The summed E-state index contributed by atoms with van der Waals surface area (Å²) in [6, 6.07) is 8.86. The summed E-state index contributed by atoms with van der Waals surface area (Å²) in [6.45, 7) is 8.48. The van der Waals surface area contributed by atoms with Gasteiger partial charge in [-0.1, -0.05) is 45.0 Å². The monoisotopic (exact) mass is 234 g/mol. The fraction of sp³-hybridized carbons (Fsp3) is 0.625. The van der Waals surface area contributed by atoms with Gasteiger partial charge >= 0.3 is 0 Å². The van der Waals surface area contributed by atoms with Crippen LogP contribution in [0.25, 0.3) is 0 Å². The summed E-state index contributed by atoms with van der Waals surface area (Å²) in [5.41, 5.74) is 2.75. The van der Waals surface area contributed by atoms with E-state index in [1.54, 1.807) is 0 Å². The van der Waals surface area contributed by atoms with E-state index in [2.05, 4.69) is 45.0 Å². The van der Waals surface area contributed by atoms with Crippen molar-refractivity contribution < 1.29 is 5.11 Å². The molecule has 1 rings (SSSR count). The first-order chi connectivity index (χ1) is 7.99. The molecule has 0 saturated heterocycles. The van der Waals surface area contributed by atoms with Gasteiger partial charge in [0.1, 0.15) is 0 Å². The molecule has 2 unspecified atom stereocenters. The standard InChI is InChI=1S/C16H26O/c1-12(2)5-6-15-7-9-16(10-8-15)11-13(3)14(4)17/h7-10,12-14,17H,5-6,11H2,1-4H3. The Morgan fingerprint density at radius 1 is 0.941 bits per heavy atom. The fourth-order valence-corrected chi connectivity index (χ4v) is 1.84. The van der Waals surface area contributed by atoms with Gasteiger partial charge in [-0.15, -0.1) is 0 Å². The molecule has 1 heteroatoms. The summed E-state index contributed by atoms with van der Waals surface area (Å²) >= 11 is 0. The van der Waals surface area contributed by atoms with E-state index < -0.39 is 0 Å². The predicted octanol–water partition coefficient (Wildman–Crippen LogP) is 3.83. The van der Waals surface area contributed by atoms with Crippen molar-refractivity contribution in [3.05, 3.63) is 35.4 Å².